The number of carbonyl (C=O) groups excluding carboxylic acids is 1. The molecule has 0 unspecified atom stereocenters. The smallest absolute Gasteiger partial charge is 0.337 e. The molecule has 0 saturated heterocycles. The molecule has 0 aromatic heterocycles. The van der Waals surface area contributed by atoms with Gasteiger partial charge in [0.05, 0.1) is 19.8 Å². The molecular weight excluding hydrogens is 330 g/mol. The number of carbonyl (C=O) groups is 1. The summed E-state index contributed by atoms with van der Waals surface area (Å²) in [6.45, 7) is 1.34. The summed E-state index contributed by atoms with van der Waals surface area (Å²) in [4.78, 5) is 17.8. The van der Waals surface area contributed by atoms with Gasteiger partial charge in [0.1, 0.15) is 5.75 Å². The first-order valence-electron chi connectivity index (χ1n) is 8.29. The SMILES string of the molecule is CN=C(NCc1ccc(C(=O)OC)cc1)N(C)Cc1ccc(OC)cc1. The maximum Gasteiger partial charge on any atom is 0.337 e. The molecule has 0 aliphatic heterocycles. The van der Waals surface area contributed by atoms with Crippen LogP contribution in [0.1, 0.15) is 21.5 Å². The second-order valence-corrected chi connectivity index (χ2v) is 5.79. The second-order valence-electron chi connectivity index (χ2n) is 5.79. The van der Waals surface area contributed by atoms with Gasteiger partial charge in [-0.05, 0) is 35.4 Å². The summed E-state index contributed by atoms with van der Waals surface area (Å²) in [5.41, 5.74) is 2.76. The van der Waals surface area contributed by atoms with Gasteiger partial charge in [-0.1, -0.05) is 24.3 Å². The van der Waals surface area contributed by atoms with E-state index < -0.39 is 0 Å². The Kier molecular flexibility index (Phi) is 7.02. The number of aliphatic imine (C=N–C) groups is 1. The van der Waals surface area contributed by atoms with Gasteiger partial charge in [0.15, 0.2) is 5.96 Å². The van der Waals surface area contributed by atoms with Gasteiger partial charge in [-0.2, -0.15) is 0 Å². The average Bonchev–Trinajstić information content (AvgIpc) is 2.69. The largest absolute Gasteiger partial charge is 0.497 e. The van der Waals surface area contributed by atoms with E-state index in [0.29, 0.717) is 12.1 Å². The predicted molar refractivity (Wildman–Crippen MR) is 102 cm³/mol. The summed E-state index contributed by atoms with van der Waals surface area (Å²) in [6, 6.07) is 15.3. The van der Waals surface area contributed by atoms with Crippen molar-refractivity contribution in [3.8, 4) is 5.75 Å². The standard InChI is InChI=1S/C20H25N3O3/c1-21-20(23(2)14-16-7-11-18(25-3)12-8-16)22-13-15-5-9-17(10-6-15)19(24)26-4/h5-12H,13-14H2,1-4H3,(H,21,22). The number of nitrogens with one attached hydrogen (secondary N) is 1. The van der Waals surface area contributed by atoms with Crippen molar-refractivity contribution in [1.82, 2.24) is 10.2 Å². The fraction of sp³-hybridized carbons (Fsp3) is 0.300. The van der Waals surface area contributed by atoms with E-state index in [2.05, 4.69) is 10.3 Å². The van der Waals surface area contributed by atoms with Gasteiger partial charge in [0, 0.05) is 27.2 Å². The van der Waals surface area contributed by atoms with Gasteiger partial charge in [0.25, 0.3) is 0 Å². The lowest BCUT2D eigenvalue weighted by Gasteiger charge is -2.22. The van der Waals surface area contributed by atoms with Crippen molar-refractivity contribution < 1.29 is 14.3 Å². The van der Waals surface area contributed by atoms with Crippen LogP contribution in [-0.4, -0.2) is 45.1 Å². The lowest BCUT2D eigenvalue weighted by molar-refractivity contribution is 0.0600. The summed E-state index contributed by atoms with van der Waals surface area (Å²) in [5.74, 6) is 1.30. The Morgan fingerprint density at radius 1 is 1.04 bits per heavy atom. The Balaban J connectivity index is 1.92. The van der Waals surface area contributed by atoms with Crippen LogP contribution in [0.2, 0.25) is 0 Å². The van der Waals surface area contributed by atoms with E-state index in [1.165, 1.54) is 12.7 Å². The molecule has 0 atom stereocenters. The van der Waals surface area contributed by atoms with Crippen LogP contribution in [0.3, 0.4) is 0 Å². The molecule has 26 heavy (non-hydrogen) atoms. The fourth-order valence-corrected chi connectivity index (χ4v) is 2.52. The van der Waals surface area contributed by atoms with E-state index in [9.17, 15) is 4.79 Å². The maximum atomic E-state index is 11.5. The lowest BCUT2D eigenvalue weighted by Crippen LogP contribution is -2.38. The molecule has 0 amide bonds. The van der Waals surface area contributed by atoms with Crippen molar-refractivity contribution in [2.24, 2.45) is 4.99 Å². The molecule has 2 rings (SSSR count). The molecule has 0 aliphatic carbocycles. The van der Waals surface area contributed by atoms with E-state index in [-0.39, 0.29) is 5.97 Å². The summed E-state index contributed by atoms with van der Waals surface area (Å²) in [7, 11) is 6.78. The zero-order valence-electron chi connectivity index (χ0n) is 15.7. The molecule has 0 radical (unpaired) electrons. The number of esters is 1. The number of hydrogen-bond acceptors (Lipinski definition) is 4. The third-order valence-corrected chi connectivity index (χ3v) is 3.98. The number of ether oxygens (including phenoxy) is 2. The van der Waals surface area contributed by atoms with Gasteiger partial charge in [-0.3, -0.25) is 4.99 Å². The predicted octanol–water partition coefficient (Wildman–Crippen LogP) is 2.69. The van der Waals surface area contributed by atoms with E-state index >= 15 is 0 Å². The molecule has 6 nitrogen and oxygen atoms in total. The molecule has 0 saturated carbocycles. The molecule has 2 aromatic rings. The summed E-state index contributed by atoms with van der Waals surface area (Å²) in [6.07, 6.45) is 0. The molecule has 0 aliphatic rings. The highest BCUT2D eigenvalue weighted by Crippen LogP contribution is 2.12. The number of methoxy groups -OCH3 is 2. The highest BCUT2D eigenvalue weighted by atomic mass is 16.5. The topological polar surface area (TPSA) is 63.2 Å². The molecule has 1 N–H and O–H groups in total. The van der Waals surface area contributed by atoms with Crippen molar-refractivity contribution in [2.75, 3.05) is 28.3 Å². The van der Waals surface area contributed by atoms with Crippen LogP contribution in [0.25, 0.3) is 0 Å². The van der Waals surface area contributed by atoms with Gasteiger partial charge in [-0.25, -0.2) is 4.79 Å². The third kappa shape index (κ3) is 5.24. The first-order valence-corrected chi connectivity index (χ1v) is 8.29. The van der Waals surface area contributed by atoms with Crippen molar-refractivity contribution in [3.63, 3.8) is 0 Å². The Hall–Kier alpha value is -3.02. The minimum Gasteiger partial charge on any atom is -0.497 e. The fourth-order valence-electron chi connectivity index (χ4n) is 2.52. The van der Waals surface area contributed by atoms with E-state index in [1.807, 2.05) is 48.3 Å². The highest BCUT2D eigenvalue weighted by Gasteiger charge is 2.08. The molecule has 0 heterocycles. The van der Waals surface area contributed by atoms with Crippen LogP contribution in [-0.2, 0) is 17.8 Å². The Labute approximate surface area is 154 Å². The van der Waals surface area contributed by atoms with Crippen LogP contribution in [0.15, 0.2) is 53.5 Å². The monoisotopic (exact) mass is 355 g/mol. The maximum absolute atomic E-state index is 11.5. The first-order chi connectivity index (χ1) is 12.6. The van der Waals surface area contributed by atoms with E-state index in [1.54, 1.807) is 26.3 Å². The van der Waals surface area contributed by atoms with Crippen LogP contribution in [0.4, 0.5) is 0 Å². The normalized spacial score (nSPS) is 11.0. The van der Waals surface area contributed by atoms with E-state index in [0.717, 1.165) is 23.8 Å². The Morgan fingerprint density at radius 2 is 1.65 bits per heavy atom. The molecule has 0 spiro atoms. The van der Waals surface area contributed by atoms with Crippen LogP contribution in [0.5, 0.6) is 5.75 Å². The van der Waals surface area contributed by atoms with Gasteiger partial charge >= 0.3 is 5.97 Å². The van der Waals surface area contributed by atoms with Gasteiger partial charge in [0.2, 0.25) is 0 Å². The first kappa shape index (κ1) is 19.3. The average molecular weight is 355 g/mol. The Morgan fingerprint density at radius 3 is 2.19 bits per heavy atom. The number of hydrogen-bond donors (Lipinski definition) is 1. The summed E-state index contributed by atoms with van der Waals surface area (Å²) < 4.78 is 9.89. The lowest BCUT2D eigenvalue weighted by atomic mass is 10.1. The zero-order valence-corrected chi connectivity index (χ0v) is 15.7. The highest BCUT2D eigenvalue weighted by molar-refractivity contribution is 5.89. The molecule has 6 heteroatoms. The number of benzene rings is 2. The second kappa shape index (κ2) is 9.46. The molecule has 0 fully saturated rings. The number of rotatable bonds is 6. The van der Waals surface area contributed by atoms with Gasteiger partial charge < -0.3 is 19.7 Å². The number of nitrogens with zero attached hydrogens (tertiary/aromatic N) is 2. The van der Waals surface area contributed by atoms with Crippen LogP contribution >= 0.6 is 0 Å². The van der Waals surface area contributed by atoms with Crippen molar-refractivity contribution in [3.05, 3.63) is 65.2 Å². The zero-order chi connectivity index (χ0) is 18.9. The summed E-state index contributed by atoms with van der Waals surface area (Å²) in [5, 5.41) is 3.33. The molecule has 0 bridgehead atoms. The molecular formula is C20H25N3O3. The van der Waals surface area contributed by atoms with Crippen molar-refractivity contribution >= 4 is 11.9 Å². The van der Waals surface area contributed by atoms with Gasteiger partial charge in [-0.15, -0.1) is 0 Å². The minimum atomic E-state index is -0.334. The molecule has 138 valence electrons. The van der Waals surface area contributed by atoms with Crippen molar-refractivity contribution in [1.29, 1.82) is 0 Å². The Bertz CT molecular complexity index is 740. The minimum absolute atomic E-state index is 0.334. The number of guanidine groups is 1. The van der Waals surface area contributed by atoms with Crippen LogP contribution in [0, 0.1) is 0 Å². The third-order valence-electron chi connectivity index (χ3n) is 3.98. The quantitative estimate of drug-likeness (QED) is 0.490. The summed E-state index contributed by atoms with van der Waals surface area (Å²) >= 11 is 0. The van der Waals surface area contributed by atoms with Crippen molar-refractivity contribution in [2.45, 2.75) is 13.1 Å². The van der Waals surface area contributed by atoms with E-state index in [4.69, 9.17) is 9.47 Å². The molecule has 2 aromatic carbocycles. The van der Waals surface area contributed by atoms with Crippen LogP contribution < -0.4 is 10.1 Å².